The van der Waals surface area contributed by atoms with E-state index >= 15 is 0 Å². The number of aliphatic carboxylic acids is 1. The number of carbonyl (C=O) groups is 2. The molecule has 2 amide bonds. The standard InChI is InChI=1S/C11H16N2O5/c1-7(5-8-3-2-4-18-8)12-11(17)13-9(6-14)10(15)16/h2-4,7,9,14H,5-6H2,1H3,(H,15,16)(H2,12,13,17)/t7?,9-/m0/s1. The maximum Gasteiger partial charge on any atom is 0.328 e. The molecule has 7 nitrogen and oxygen atoms in total. The number of urea groups is 1. The molecule has 7 heteroatoms. The van der Waals surface area contributed by atoms with Gasteiger partial charge in [-0.3, -0.25) is 0 Å². The zero-order valence-electron chi connectivity index (χ0n) is 9.92. The number of aliphatic hydroxyl groups excluding tert-OH is 1. The van der Waals surface area contributed by atoms with Crippen LogP contribution in [0.25, 0.3) is 0 Å². The van der Waals surface area contributed by atoms with Crippen LogP contribution in [0.4, 0.5) is 4.79 Å². The number of hydrogen-bond acceptors (Lipinski definition) is 4. The number of hydrogen-bond donors (Lipinski definition) is 4. The van der Waals surface area contributed by atoms with Gasteiger partial charge in [0.05, 0.1) is 12.9 Å². The molecule has 4 N–H and O–H groups in total. The van der Waals surface area contributed by atoms with E-state index in [1.807, 2.05) is 0 Å². The molecule has 0 aliphatic carbocycles. The Kier molecular flexibility index (Phi) is 5.19. The average molecular weight is 256 g/mol. The highest BCUT2D eigenvalue weighted by molar-refractivity contribution is 5.82. The summed E-state index contributed by atoms with van der Waals surface area (Å²) in [6.45, 7) is 1.10. The van der Waals surface area contributed by atoms with Crippen LogP contribution in [-0.2, 0) is 11.2 Å². The minimum Gasteiger partial charge on any atom is -0.480 e. The maximum absolute atomic E-state index is 11.4. The second kappa shape index (κ2) is 6.65. The number of aliphatic hydroxyl groups is 1. The van der Waals surface area contributed by atoms with Crippen LogP contribution in [0.2, 0.25) is 0 Å². The molecule has 1 rings (SSSR count). The van der Waals surface area contributed by atoms with Crippen LogP contribution in [0, 0.1) is 0 Å². The molecule has 1 aromatic rings. The third-order valence-electron chi connectivity index (χ3n) is 2.25. The Labute approximate surface area is 104 Å². The van der Waals surface area contributed by atoms with Crippen molar-refractivity contribution in [2.24, 2.45) is 0 Å². The smallest absolute Gasteiger partial charge is 0.328 e. The lowest BCUT2D eigenvalue weighted by atomic mass is 10.2. The van der Waals surface area contributed by atoms with Crippen LogP contribution in [0.3, 0.4) is 0 Å². The van der Waals surface area contributed by atoms with Crippen molar-refractivity contribution in [2.75, 3.05) is 6.61 Å². The molecular weight excluding hydrogens is 240 g/mol. The summed E-state index contributed by atoms with van der Waals surface area (Å²) < 4.78 is 5.12. The maximum atomic E-state index is 11.4. The summed E-state index contributed by atoms with van der Waals surface area (Å²) in [5.41, 5.74) is 0. The first kappa shape index (κ1) is 14.0. The van der Waals surface area contributed by atoms with Crippen LogP contribution >= 0.6 is 0 Å². The number of rotatable bonds is 6. The number of carboxylic acid groups (broad SMARTS) is 1. The van der Waals surface area contributed by atoms with Gasteiger partial charge in [-0.25, -0.2) is 9.59 Å². The molecule has 0 aromatic carbocycles. The van der Waals surface area contributed by atoms with Crippen molar-refractivity contribution in [2.45, 2.75) is 25.4 Å². The molecule has 0 radical (unpaired) electrons. The van der Waals surface area contributed by atoms with Crippen LogP contribution < -0.4 is 10.6 Å². The fourth-order valence-corrected chi connectivity index (χ4v) is 1.39. The van der Waals surface area contributed by atoms with E-state index in [4.69, 9.17) is 14.6 Å². The lowest BCUT2D eigenvalue weighted by molar-refractivity contribution is -0.140. The van der Waals surface area contributed by atoms with Gasteiger partial charge in [-0.1, -0.05) is 0 Å². The highest BCUT2D eigenvalue weighted by Gasteiger charge is 2.19. The molecule has 0 saturated carbocycles. The third-order valence-corrected chi connectivity index (χ3v) is 2.25. The monoisotopic (exact) mass is 256 g/mol. The van der Waals surface area contributed by atoms with Gasteiger partial charge in [0.15, 0.2) is 6.04 Å². The summed E-state index contributed by atoms with van der Waals surface area (Å²) in [5.74, 6) is -0.564. The van der Waals surface area contributed by atoms with Gasteiger partial charge >= 0.3 is 12.0 Å². The Bertz CT molecular complexity index is 390. The number of carbonyl (C=O) groups excluding carboxylic acids is 1. The number of furan rings is 1. The van der Waals surface area contributed by atoms with Crippen LogP contribution in [0.5, 0.6) is 0 Å². The topological polar surface area (TPSA) is 112 Å². The van der Waals surface area contributed by atoms with Crippen molar-refractivity contribution >= 4 is 12.0 Å². The Hall–Kier alpha value is -2.02. The van der Waals surface area contributed by atoms with E-state index in [9.17, 15) is 9.59 Å². The SMILES string of the molecule is CC(Cc1ccco1)NC(=O)N[C@@H](CO)C(=O)O. The summed E-state index contributed by atoms with van der Waals surface area (Å²) in [6, 6.07) is 1.36. The van der Waals surface area contributed by atoms with Gasteiger partial charge in [0.25, 0.3) is 0 Å². The molecule has 0 aliphatic heterocycles. The third kappa shape index (κ3) is 4.46. The molecule has 0 bridgehead atoms. The summed E-state index contributed by atoms with van der Waals surface area (Å²) >= 11 is 0. The summed E-state index contributed by atoms with van der Waals surface area (Å²) in [7, 11) is 0. The summed E-state index contributed by atoms with van der Waals surface area (Å²) in [6.07, 6.45) is 2.03. The van der Waals surface area contributed by atoms with Gasteiger partial charge in [0.1, 0.15) is 5.76 Å². The Morgan fingerprint density at radius 2 is 2.17 bits per heavy atom. The molecule has 0 fully saturated rings. The van der Waals surface area contributed by atoms with Gasteiger partial charge in [-0.05, 0) is 19.1 Å². The summed E-state index contributed by atoms with van der Waals surface area (Å²) in [4.78, 5) is 22.0. The van der Waals surface area contributed by atoms with Crippen molar-refractivity contribution in [3.63, 3.8) is 0 Å². The van der Waals surface area contributed by atoms with Crippen molar-refractivity contribution in [1.82, 2.24) is 10.6 Å². The molecular formula is C11H16N2O5. The molecule has 18 heavy (non-hydrogen) atoms. The van der Waals surface area contributed by atoms with E-state index in [1.54, 1.807) is 19.1 Å². The second-order valence-electron chi connectivity index (χ2n) is 3.88. The average Bonchev–Trinajstić information content (AvgIpc) is 2.77. The van der Waals surface area contributed by atoms with Crippen molar-refractivity contribution < 1.29 is 24.2 Å². The lowest BCUT2D eigenvalue weighted by Gasteiger charge is -2.16. The molecule has 1 unspecified atom stereocenters. The minimum atomic E-state index is -1.30. The Morgan fingerprint density at radius 1 is 1.44 bits per heavy atom. The van der Waals surface area contributed by atoms with Gasteiger partial charge in [-0.2, -0.15) is 0 Å². The number of nitrogens with one attached hydrogen (secondary N) is 2. The zero-order valence-corrected chi connectivity index (χ0v) is 9.92. The molecule has 100 valence electrons. The Morgan fingerprint density at radius 3 is 2.67 bits per heavy atom. The van der Waals surface area contributed by atoms with Crippen molar-refractivity contribution in [3.8, 4) is 0 Å². The number of carboxylic acids is 1. The normalized spacial score (nSPS) is 13.7. The van der Waals surface area contributed by atoms with E-state index < -0.39 is 24.6 Å². The van der Waals surface area contributed by atoms with Gasteiger partial charge in [-0.15, -0.1) is 0 Å². The molecule has 1 aromatic heterocycles. The molecule has 0 saturated heterocycles. The fourth-order valence-electron chi connectivity index (χ4n) is 1.39. The number of amides is 2. The minimum absolute atomic E-state index is 0.218. The van der Waals surface area contributed by atoms with E-state index in [1.165, 1.54) is 6.26 Å². The van der Waals surface area contributed by atoms with E-state index in [0.29, 0.717) is 6.42 Å². The van der Waals surface area contributed by atoms with Crippen LogP contribution in [-0.4, -0.2) is 40.9 Å². The van der Waals surface area contributed by atoms with E-state index in [2.05, 4.69) is 10.6 Å². The first-order chi connectivity index (χ1) is 8.52. The van der Waals surface area contributed by atoms with E-state index in [-0.39, 0.29) is 6.04 Å². The lowest BCUT2D eigenvalue weighted by Crippen LogP contribution is -2.50. The van der Waals surface area contributed by atoms with E-state index in [0.717, 1.165) is 5.76 Å². The van der Waals surface area contributed by atoms with Crippen LogP contribution in [0.1, 0.15) is 12.7 Å². The molecule has 2 atom stereocenters. The van der Waals surface area contributed by atoms with Gasteiger partial charge < -0.3 is 25.3 Å². The zero-order chi connectivity index (χ0) is 13.5. The summed E-state index contributed by atoms with van der Waals surface area (Å²) in [5, 5.41) is 22.1. The first-order valence-electron chi connectivity index (χ1n) is 5.46. The van der Waals surface area contributed by atoms with Gasteiger partial charge in [0, 0.05) is 12.5 Å². The quantitative estimate of drug-likeness (QED) is 0.570. The molecule has 0 aliphatic rings. The highest BCUT2D eigenvalue weighted by atomic mass is 16.4. The largest absolute Gasteiger partial charge is 0.480 e. The second-order valence-corrected chi connectivity index (χ2v) is 3.88. The van der Waals surface area contributed by atoms with Gasteiger partial charge in [0.2, 0.25) is 0 Å². The van der Waals surface area contributed by atoms with Crippen LogP contribution in [0.15, 0.2) is 22.8 Å². The molecule has 1 heterocycles. The molecule has 0 spiro atoms. The fraction of sp³-hybridized carbons (Fsp3) is 0.455. The highest BCUT2D eigenvalue weighted by Crippen LogP contribution is 2.03. The Balaban J connectivity index is 2.37. The van der Waals surface area contributed by atoms with Crippen molar-refractivity contribution in [3.05, 3.63) is 24.2 Å². The van der Waals surface area contributed by atoms with Crippen molar-refractivity contribution in [1.29, 1.82) is 0 Å². The predicted octanol–water partition coefficient (Wildman–Crippen LogP) is -0.0447. The predicted molar refractivity (Wildman–Crippen MR) is 62.1 cm³/mol. The first-order valence-corrected chi connectivity index (χ1v) is 5.46.